The summed E-state index contributed by atoms with van der Waals surface area (Å²) >= 11 is 0. The van der Waals surface area contributed by atoms with Crippen molar-refractivity contribution in [3.8, 4) is 11.8 Å². The highest BCUT2D eigenvalue weighted by Crippen LogP contribution is 2.47. The van der Waals surface area contributed by atoms with E-state index in [2.05, 4.69) is 33.6 Å². The second-order valence-corrected chi connectivity index (χ2v) is 18.9. The smallest absolute Gasteiger partial charge is 0.405 e. The predicted octanol–water partition coefficient (Wildman–Crippen LogP) is 6.90. The summed E-state index contributed by atoms with van der Waals surface area (Å²) in [5, 5.41) is 4.60. The van der Waals surface area contributed by atoms with Crippen LogP contribution in [0.2, 0.25) is 0 Å². The molecule has 2 aliphatic heterocycles. The molecule has 57 heavy (non-hydrogen) atoms. The Morgan fingerprint density at radius 2 is 1.82 bits per heavy atom. The minimum atomic E-state index is -3.92. The van der Waals surface area contributed by atoms with Crippen molar-refractivity contribution in [3.63, 3.8) is 0 Å². The Morgan fingerprint density at radius 1 is 1.14 bits per heavy atom. The van der Waals surface area contributed by atoms with Gasteiger partial charge in [0, 0.05) is 34.5 Å². The van der Waals surface area contributed by atoms with E-state index in [1.54, 1.807) is 32.6 Å². The number of allylic oxidation sites excluding steroid dienone is 1. The number of amides is 4. The number of carbonyl (C=O) groups is 4. The highest BCUT2D eigenvalue weighted by atomic mass is 32.2. The van der Waals surface area contributed by atoms with Crippen LogP contribution >= 0.6 is 0 Å². The molecule has 0 unspecified atom stereocenters. The van der Waals surface area contributed by atoms with E-state index in [9.17, 15) is 27.6 Å². The van der Waals surface area contributed by atoms with E-state index >= 15 is 0 Å². The number of rotatable bonds is 7. The molecule has 0 radical (unpaired) electrons. The molecule has 0 spiro atoms. The minimum absolute atomic E-state index is 0. The molecule has 2 saturated carbocycles. The Kier molecular flexibility index (Phi) is 14.7. The van der Waals surface area contributed by atoms with Crippen LogP contribution in [0.15, 0.2) is 42.5 Å². The molecule has 4 N–H and O–H groups in total. The Labute approximate surface area is 342 Å². The first kappa shape index (κ1) is 45.3. The molecule has 3 heterocycles. The van der Waals surface area contributed by atoms with Crippen LogP contribution < -0.4 is 25.2 Å². The number of fused-ring (bicyclic) bond motifs is 3. The lowest BCUT2D eigenvalue weighted by atomic mass is 9.88. The molecule has 14 nitrogen and oxygen atoms in total. The molecule has 6 rings (SSSR count). The van der Waals surface area contributed by atoms with Gasteiger partial charge in [0.1, 0.15) is 23.3 Å². The van der Waals surface area contributed by atoms with Crippen molar-refractivity contribution in [1.82, 2.24) is 19.9 Å². The number of aromatic nitrogens is 1. The van der Waals surface area contributed by atoms with Crippen molar-refractivity contribution >= 4 is 44.6 Å². The zero-order chi connectivity index (χ0) is 42.3. The molecule has 0 bridgehead atoms. The van der Waals surface area contributed by atoms with Crippen LogP contribution in [0.25, 0.3) is 10.8 Å². The molecule has 15 heteroatoms. The van der Waals surface area contributed by atoms with Gasteiger partial charge in [-0.2, -0.15) is 4.98 Å². The van der Waals surface area contributed by atoms with Gasteiger partial charge in [-0.05, 0) is 89.5 Å². The maximum absolute atomic E-state index is 14.2. The first-order chi connectivity index (χ1) is 26.8. The summed E-state index contributed by atoms with van der Waals surface area (Å²) < 4.78 is 43.8. The second-order valence-electron chi connectivity index (χ2n) is 16.7. The Hall–Kier alpha value is -4.40. The van der Waals surface area contributed by atoms with Gasteiger partial charge in [-0.25, -0.2) is 13.2 Å². The first-order valence-electron chi connectivity index (χ1n) is 20.2. The van der Waals surface area contributed by atoms with Crippen LogP contribution in [-0.4, -0.2) is 83.8 Å². The average molecular weight is 820 g/mol. The SMILES string of the molecule is CC.CC(C)(C)OC(N)=O.CC[C@H]1CC(=O)N2C[C@H](Oc3nc(OC)cc4ccccc34)C[C@H]2C(=O)N[C@]2(C(=O)NS(=O)(=O)C3(C)CC3)C[C@H]2/C=C\CC[C@H](C)C1.[HH].[HH].[HH]. The van der Waals surface area contributed by atoms with Gasteiger partial charge in [0.2, 0.25) is 33.6 Å². The fraction of sp³-hybridized carbons (Fsp3) is 0.643. The molecular formula is C42H69N5O9S. The van der Waals surface area contributed by atoms with E-state index in [-0.39, 0.29) is 41.4 Å². The zero-order valence-corrected chi connectivity index (χ0v) is 35.9. The van der Waals surface area contributed by atoms with Crippen LogP contribution in [0.4, 0.5) is 4.79 Å². The molecule has 2 aromatic rings. The van der Waals surface area contributed by atoms with Gasteiger partial charge in [-0.15, -0.1) is 0 Å². The fourth-order valence-corrected chi connectivity index (χ4v) is 8.67. The van der Waals surface area contributed by atoms with Crippen molar-refractivity contribution in [1.29, 1.82) is 0 Å². The van der Waals surface area contributed by atoms with Crippen molar-refractivity contribution in [2.45, 2.75) is 141 Å². The Balaban J connectivity index is 0.00000125. The van der Waals surface area contributed by atoms with Crippen molar-refractivity contribution < 1.29 is 46.1 Å². The van der Waals surface area contributed by atoms with Gasteiger partial charge in [0.05, 0.1) is 18.4 Å². The number of benzene rings is 1. The number of ether oxygens (including phenoxy) is 3. The Bertz CT molecular complexity index is 1930. The topological polar surface area (TPSA) is 196 Å². The standard InChI is InChI=1S/C35H46N4O7S.C5H11NO2.C2H6.3H2/c1-5-23-16-22(2)10-6-8-12-25-20-35(25,33(42)38-47(43,44)34(3)14-15-34)37-31(41)28-19-26(21-39(28)30(40)17-23)46-32-27-13-9-7-11-24(27)18-29(36-32)45-4;1-5(2,3)8-4(6)7;1-2;;;/h7-9,11-13,18,22-23,25-26,28H,5-6,10,14-17,19-21H2,1-4H3,(H,37,41)(H,38,42);1-3H3,(H2,6,7);1-2H3;3*1H/b12-8-;;;;;/t22-,23+,25+,26+,28-,35+;;;;;/m0...../s1. The lowest BCUT2D eigenvalue weighted by Crippen LogP contribution is -2.57. The van der Waals surface area contributed by atoms with Crippen LogP contribution in [0.5, 0.6) is 11.8 Å². The largest absolute Gasteiger partial charge is 0.481 e. The highest BCUT2D eigenvalue weighted by Gasteiger charge is 2.63. The summed E-state index contributed by atoms with van der Waals surface area (Å²) in [5.74, 6) is -0.433. The van der Waals surface area contributed by atoms with Crippen LogP contribution in [0.3, 0.4) is 0 Å². The maximum Gasteiger partial charge on any atom is 0.405 e. The van der Waals surface area contributed by atoms with Gasteiger partial charge in [-0.1, -0.05) is 64.5 Å². The lowest BCUT2D eigenvalue weighted by Gasteiger charge is -2.28. The highest BCUT2D eigenvalue weighted by molar-refractivity contribution is 7.91. The van der Waals surface area contributed by atoms with Crippen molar-refractivity contribution in [2.75, 3.05) is 13.7 Å². The molecule has 322 valence electrons. The average Bonchev–Trinajstić information content (AvgIpc) is 4.03. The molecular weight excluding hydrogens is 751 g/mol. The van der Waals surface area contributed by atoms with Gasteiger partial charge in [-0.3, -0.25) is 19.1 Å². The number of hydrogen-bond donors (Lipinski definition) is 3. The summed E-state index contributed by atoms with van der Waals surface area (Å²) in [6, 6.07) is 8.54. The molecule has 3 fully saturated rings. The molecule has 1 aromatic heterocycles. The van der Waals surface area contributed by atoms with E-state index in [0.717, 1.165) is 36.5 Å². The lowest BCUT2D eigenvalue weighted by molar-refractivity contribution is -0.140. The van der Waals surface area contributed by atoms with E-state index in [0.29, 0.717) is 36.9 Å². The Morgan fingerprint density at radius 3 is 2.42 bits per heavy atom. The van der Waals surface area contributed by atoms with Gasteiger partial charge < -0.3 is 30.2 Å². The minimum Gasteiger partial charge on any atom is -0.481 e. The molecule has 4 amide bonds. The van der Waals surface area contributed by atoms with E-state index < -0.39 is 56.0 Å². The molecule has 1 aromatic carbocycles. The monoisotopic (exact) mass is 819 g/mol. The predicted molar refractivity (Wildman–Crippen MR) is 225 cm³/mol. The molecule has 2 aliphatic carbocycles. The van der Waals surface area contributed by atoms with Crippen LogP contribution in [-0.2, 0) is 29.1 Å². The van der Waals surface area contributed by atoms with Crippen molar-refractivity contribution in [3.05, 3.63) is 42.5 Å². The quantitative estimate of drug-likeness (QED) is 0.247. The number of hydrogen-bond acceptors (Lipinski definition) is 10. The summed E-state index contributed by atoms with van der Waals surface area (Å²) in [6.07, 6.45) is 7.87. The fourth-order valence-electron chi connectivity index (χ4n) is 7.36. The summed E-state index contributed by atoms with van der Waals surface area (Å²) in [5.41, 5.74) is 2.85. The number of nitrogens with one attached hydrogen (secondary N) is 2. The van der Waals surface area contributed by atoms with E-state index in [1.165, 1.54) is 7.11 Å². The van der Waals surface area contributed by atoms with Crippen LogP contribution in [0, 0.1) is 17.8 Å². The van der Waals surface area contributed by atoms with Gasteiger partial charge in [0.25, 0.3) is 5.91 Å². The molecule has 4 aliphatic rings. The molecule has 1 saturated heterocycles. The third kappa shape index (κ3) is 11.4. The number of primary amides is 1. The third-order valence-corrected chi connectivity index (χ3v) is 13.2. The normalized spacial score (nSPS) is 27.5. The van der Waals surface area contributed by atoms with E-state index in [4.69, 9.17) is 15.2 Å². The summed E-state index contributed by atoms with van der Waals surface area (Å²) in [6.45, 7) is 15.4. The first-order valence-corrected chi connectivity index (χ1v) is 21.7. The number of methoxy groups -OCH3 is 1. The van der Waals surface area contributed by atoms with Gasteiger partial charge in [0.15, 0.2) is 0 Å². The van der Waals surface area contributed by atoms with E-state index in [1.807, 2.05) is 56.3 Å². The number of pyridine rings is 1. The number of nitrogens with two attached hydrogens (primary N) is 1. The van der Waals surface area contributed by atoms with Gasteiger partial charge >= 0.3 is 6.09 Å². The molecule has 6 atom stereocenters. The van der Waals surface area contributed by atoms with Crippen LogP contribution in [0.1, 0.15) is 117 Å². The maximum atomic E-state index is 14.2. The zero-order valence-electron chi connectivity index (χ0n) is 35.1. The summed E-state index contributed by atoms with van der Waals surface area (Å²) in [4.78, 5) is 58.0. The number of sulfonamides is 1. The van der Waals surface area contributed by atoms with Crippen molar-refractivity contribution in [2.24, 2.45) is 23.5 Å². The second kappa shape index (κ2) is 18.5. The third-order valence-electron chi connectivity index (χ3n) is 11.0. The summed E-state index contributed by atoms with van der Waals surface area (Å²) in [7, 11) is -2.38. The number of nitrogens with zero attached hydrogens (tertiary/aromatic N) is 2. The number of carbonyl (C=O) groups excluding carboxylic acids is 4.